The van der Waals surface area contributed by atoms with Crippen molar-refractivity contribution in [3.63, 3.8) is 0 Å². The summed E-state index contributed by atoms with van der Waals surface area (Å²) in [6.45, 7) is 0. The molecule has 2 aliphatic carbocycles. The van der Waals surface area contributed by atoms with Gasteiger partial charge in [0.15, 0.2) is 0 Å². The number of rotatable bonds is 7. The van der Waals surface area contributed by atoms with Crippen LogP contribution < -0.4 is 0 Å². The van der Waals surface area contributed by atoms with Crippen molar-refractivity contribution in [3.05, 3.63) is 71.8 Å². The van der Waals surface area contributed by atoms with E-state index in [2.05, 4.69) is 82.3 Å². The van der Waals surface area contributed by atoms with Gasteiger partial charge < -0.3 is 0 Å². The Hall–Kier alpha value is -0.860. The summed E-state index contributed by atoms with van der Waals surface area (Å²) in [4.78, 5) is 0. The van der Waals surface area contributed by atoms with Crippen LogP contribution in [0.15, 0.2) is 60.7 Å². The average molecular weight is 411 g/mol. The molecule has 0 aromatic heterocycles. The van der Waals surface area contributed by atoms with Crippen molar-refractivity contribution in [2.24, 2.45) is 11.8 Å². The molecule has 2 heteroatoms. The van der Waals surface area contributed by atoms with Crippen molar-refractivity contribution in [1.29, 1.82) is 0 Å². The fraction of sp³-hybridized carbons (Fsp3) is 0.538. The average Bonchev–Trinajstić information content (AvgIpc) is 2.79. The highest BCUT2D eigenvalue weighted by Crippen LogP contribution is 2.55. The maximum Gasteiger partial charge on any atom is 0.0429 e. The molecule has 4 rings (SSSR count). The van der Waals surface area contributed by atoms with Gasteiger partial charge in [-0.2, -0.15) is 0 Å². The SMILES string of the molecule is c1ccc(C(SSC(c2ccccc2)C2CCCCC2)C2CCCCC2)cc1. The molecule has 2 fully saturated rings. The van der Waals surface area contributed by atoms with E-state index >= 15 is 0 Å². The Balaban J connectivity index is 1.52. The Morgan fingerprint density at radius 2 is 0.857 bits per heavy atom. The standard InChI is InChI=1S/C26H34S2/c1-5-13-21(14-6-1)25(22-15-7-2-8-16-22)27-28-26(23-17-9-3-10-18-23)24-19-11-4-12-20-24/h1,3,5-6,9-10,13-14,17-18,22,24-26H,2,4,7-8,11-12,15-16,19-20H2. The van der Waals surface area contributed by atoms with E-state index in [1.165, 1.54) is 64.2 Å². The van der Waals surface area contributed by atoms with E-state index in [9.17, 15) is 0 Å². The zero-order chi connectivity index (χ0) is 19.0. The van der Waals surface area contributed by atoms with Crippen LogP contribution in [0, 0.1) is 11.8 Å². The van der Waals surface area contributed by atoms with Crippen LogP contribution in [0.1, 0.15) is 85.8 Å². The molecule has 0 nitrogen and oxygen atoms in total. The summed E-state index contributed by atoms with van der Waals surface area (Å²) in [6, 6.07) is 22.7. The second-order valence-electron chi connectivity index (χ2n) is 8.65. The lowest BCUT2D eigenvalue weighted by Crippen LogP contribution is -2.16. The Labute approximate surface area is 179 Å². The molecule has 2 aromatic rings. The molecule has 2 atom stereocenters. The quantitative estimate of drug-likeness (QED) is 0.418. The number of hydrogen-bond donors (Lipinski definition) is 0. The van der Waals surface area contributed by atoms with Gasteiger partial charge in [-0.15, -0.1) is 0 Å². The fourth-order valence-electron chi connectivity index (χ4n) is 5.09. The first-order valence-electron chi connectivity index (χ1n) is 11.3. The molecule has 2 aliphatic rings. The second-order valence-corrected chi connectivity index (χ2v) is 11.2. The molecule has 28 heavy (non-hydrogen) atoms. The van der Waals surface area contributed by atoms with Crippen LogP contribution in [0.5, 0.6) is 0 Å². The van der Waals surface area contributed by atoms with Crippen molar-refractivity contribution in [2.75, 3.05) is 0 Å². The molecule has 0 radical (unpaired) electrons. The van der Waals surface area contributed by atoms with E-state index in [4.69, 9.17) is 0 Å². The van der Waals surface area contributed by atoms with Crippen LogP contribution in [0.25, 0.3) is 0 Å². The first kappa shape index (κ1) is 20.4. The van der Waals surface area contributed by atoms with Crippen LogP contribution in [0.3, 0.4) is 0 Å². The minimum absolute atomic E-state index is 0.640. The zero-order valence-corrected chi connectivity index (χ0v) is 18.6. The predicted molar refractivity (Wildman–Crippen MR) is 127 cm³/mol. The lowest BCUT2D eigenvalue weighted by atomic mass is 9.84. The molecule has 2 unspecified atom stereocenters. The van der Waals surface area contributed by atoms with E-state index in [1.54, 1.807) is 11.1 Å². The maximum atomic E-state index is 2.37. The monoisotopic (exact) mass is 410 g/mol. The predicted octanol–water partition coefficient (Wildman–Crippen LogP) is 9.01. The normalized spacial score (nSPS) is 21.3. The first-order valence-corrected chi connectivity index (χ1v) is 13.6. The lowest BCUT2D eigenvalue weighted by molar-refractivity contribution is 0.350. The molecule has 0 aliphatic heterocycles. The third kappa shape index (κ3) is 5.39. The highest BCUT2D eigenvalue weighted by molar-refractivity contribution is 8.76. The van der Waals surface area contributed by atoms with Crippen LogP contribution in [-0.4, -0.2) is 0 Å². The summed E-state index contributed by atoms with van der Waals surface area (Å²) in [6.07, 6.45) is 14.2. The molecule has 0 spiro atoms. The Bertz CT molecular complexity index is 611. The third-order valence-electron chi connectivity index (χ3n) is 6.68. The number of benzene rings is 2. The van der Waals surface area contributed by atoms with Gasteiger partial charge in [0, 0.05) is 10.5 Å². The Morgan fingerprint density at radius 1 is 0.500 bits per heavy atom. The smallest absolute Gasteiger partial charge is 0.0429 e. The van der Waals surface area contributed by atoms with Crippen molar-refractivity contribution < 1.29 is 0 Å². The summed E-state index contributed by atoms with van der Waals surface area (Å²) in [5.74, 6) is 1.69. The van der Waals surface area contributed by atoms with E-state index in [0.717, 1.165) is 11.8 Å². The van der Waals surface area contributed by atoms with E-state index in [0.29, 0.717) is 10.5 Å². The molecular formula is C26H34S2. The summed E-state index contributed by atoms with van der Waals surface area (Å²) in [5.41, 5.74) is 3.09. The van der Waals surface area contributed by atoms with Gasteiger partial charge in [0.1, 0.15) is 0 Å². The third-order valence-corrected chi connectivity index (χ3v) is 10.1. The van der Waals surface area contributed by atoms with Gasteiger partial charge in [-0.1, -0.05) is 121 Å². The molecule has 0 saturated heterocycles. The molecule has 2 aromatic carbocycles. The maximum absolute atomic E-state index is 2.37. The minimum atomic E-state index is 0.640. The zero-order valence-electron chi connectivity index (χ0n) is 17.0. The Kier molecular flexibility index (Phi) is 7.86. The topological polar surface area (TPSA) is 0 Å². The summed E-state index contributed by atoms with van der Waals surface area (Å²) in [7, 11) is 4.39. The van der Waals surface area contributed by atoms with E-state index in [-0.39, 0.29) is 0 Å². The van der Waals surface area contributed by atoms with Gasteiger partial charge in [-0.25, -0.2) is 0 Å². The molecular weight excluding hydrogens is 376 g/mol. The largest absolute Gasteiger partial charge is 0.0850 e. The fourth-order valence-corrected chi connectivity index (χ4v) is 9.05. The van der Waals surface area contributed by atoms with Crippen LogP contribution in [0.4, 0.5) is 0 Å². The van der Waals surface area contributed by atoms with Gasteiger partial charge >= 0.3 is 0 Å². The van der Waals surface area contributed by atoms with Gasteiger partial charge in [0.2, 0.25) is 0 Å². The molecule has 0 N–H and O–H groups in total. The van der Waals surface area contributed by atoms with Gasteiger partial charge in [-0.3, -0.25) is 0 Å². The summed E-state index contributed by atoms with van der Waals surface area (Å²) >= 11 is 0. The van der Waals surface area contributed by atoms with Gasteiger partial charge in [0.05, 0.1) is 0 Å². The van der Waals surface area contributed by atoms with E-state index < -0.39 is 0 Å². The van der Waals surface area contributed by atoms with Gasteiger partial charge in [-0.05, 0) is 48.6 Å². The van der Waals surface area contributed by atoms with Crippen molar-refractivity contribution in [2.45, 2.75) is 74.7 Å². The van der Waals surface area contributed by atoms with E-state index in [1.807, 2.05) is 0 Å². The second kappa shape index (κ2) is 10.8. The molecule has 2 saturated carbocycles. The highest BCUT2D eigenvalue weighted by Gasteiger charge is 2.30. The minimum Gasteiger partial charge on any atom is -0.0850 e. The van der Waals surface area contributed by atoms with Crippen molar-refractivity contribution in [3.8, 4) is 0 Å². The van der Waals surface area contributed by atoms with Crippen LogP contribution >= 0.6 is 21.6 Å². The molecule has 0 bridgehead atoms. The molecule has 150 valence electrons. The highest BCUT2D eigenvalue weighted by atomic mass is 33.1. The lowest BCUT2D eigenvalue weighted by Gasteiger charge is -2.34. The summed E-state index contributed by atoms with van der Waals surface area (Å²) in [5, 5.41) is 1.28. The van der Waals surface area contributed by atoms with Crippen LogP contribution in [0.2, 0.25) is 0 Å². The van der Waals surface area contributed by atoms with Crippen LogP contribution in [-0.2, 0) is 0 Å². The molecule has 0 heterocycles. The van der Waals surface area contributed by atoms with Crippen molar-refractivity contribution >= 4 is 21.6 Å². The Morgan fingerprint density at radius 3 is 1.21 bits per heavy atom. The first-order chi connectivity index (χ1) is 13.9. The number of hydrogen-bond acceptors (Lipinski definition) is 2. The molecule has 0 amide bonds. The van der Waals surface area contributed by atoms with Crippen molar-refractivity contribution in [1.82, 2.24) is 0 Å². The summed E-state index contributed by atoms with van der Waals surface area (Å²) < 4.78 is 0. The van der Waals surface area contributed by atoms with Gasteiger partial charge in [0.25, 0.3) is 0 Å².